The van der Waals surface area contributed by atoms with Crippen molar-refractivity contribution >= 4 is 0 Å². The first-order valence-electron chi connectivity index (χ1n) is 7.37. The van der Waals surface area contributed by atoms with Gasteiger partial charge in [0.25, 0.3) is 0 Å². The molecule has 0 aromatic rings. The molecule has 3 rings (SSSR count). The minimum absolute atomic E-state index is 0.886. The highest BCUT2D eigenvalue weighted by Gasteiger charge is 2.38. The highest BCUT2D eigenvalue weighted by Crippen LogP contribution is 2.44. The largest absolute Gasteiger partial charge is 0.314 e. The summed E-state index contributed by atoms with van der Waals surface area (Å²) in [5, 5.41) is 3.81. The molecule has 0 aromatic heterocycles. The van der Waals surface area contributed by atoms with Crippen molar-refractivity contribution in [3.63, 3.8) is 0 Å². The van der Waals surface area contributed by atoms with Crippen molar-refractivity contribution < 1.29 is 0 Å². The molecule has 3 atom stereocenters. The molecule has 1 saturated heterocycles. The van der Waals surface area contributed by atoms with E-state index < -0.39 is 0 Å². The Morgan fingerprint density at radius 1 is 1.06 bits per heavy atom. The van der Waals surface area contributed by atoms with Gasteiger partial charge in [0.15, 0.2) is 0 Å². The molecule has 16 heavy (non-hydrogen) atoms. The normalized spacial score (nSPS) is 38.6. The van der Waals surface area contributed by atoms with Crippen molar-refractivity contribution in [2.24, 2.45) is 11.8 Å². The molecule has 2 nitrogen and oxygen atoms in total. The van der Waals surface area contributed by atoms with Gasteiger partial charge < -0.3 is 10.2 Å². The van der Waals surface area contributed by atoms with E-state index in [-0.39, 0.29) is 0 Å². The Labute approximate surface area is 99.8 Å². The van der Waals surface area contributed by atoms with E-state index in [9.17, 15) is 0 Å². The van der Waals surface area contributed by atoms with Gasteiger partial charge in [-0.1, -0.05) is 6.42 Å². The third kappa shape index (κ3) is 2.43. The molecule has 0 amide bonds. The SMILES string of the molecule is C1CCN(CCCNC2CC3CCC2C3)C1. The summed E-state index contributed by atoms with van der Waals surface area (Å²) in [5.74, 6) is 2.12. The van der Waals surface area contributed by atoms with Crippen LogP contribution >= 0.6 is 0 Å². The van der Waals surface area contributed by atoms with E-state index in [1.54, 1.807) is 0 Å². The molecule has 2 heteroatoms. The van der Waals surface area contributed by atoms with Crippen molar-refractivity contribution in [2.45, 2.75) is 51.0 Å². The number of rotatable bonds is 5. The van der Waals surface area contributed by atoms with Gasteiger partial charge in [-0.3, -0.25) is 0 Å². The Morgan fingerprint density at radius 2 is 1.94 bits per heavy atom. The average molecular weight is 222 g/mol. The summed E-state index contributed by atoms with van der Waals surface area (Å²) in [5.41, 5.74) is 0. The maximum absolute atomic E-state index is 3.81. The van der Waals surface area contributed by atoms with E-state index in [4.69, 9.17) is 0 Å². The first-order chi connectivity index (χ1) is 7.92. The second kappa shape index (κ2) is 5.05. The molecule has 0 spiro atoms. The molecule has 1 aliphatic heterocycles. The molecule has 0 aromatic carbocycles. The molecule has 0 radical (unpaired) electrons. The Morgan fingerprint density at radius 3 is 2.62 bits per heavy atom. The Hall–Kier alpha value is -0.0800. The van der Waals surface area contributed by atoms with Gasteiger partial charge in [0.1, 0.15) is 0 Å². The van der Waals surface area contributed by atoms with Crippen molar-refractivity contribution in [1.29, 1.82) is 0 Å². The molecular weight excluding hydrogens is 196 g/mol. The van der Waals surface area contributed by atoms with Gasteiger partial charge >= 0.3 is 0 Å². The molecule has 3 unspecified atom stereocenters. The van der Waals surface area contributed by atoms with Crippen LogP contribution < -0.4 is 5.32 Å². The fraction of sp³-hybridized carbons (Fsp3) is 1.00. The minimum Gasteiger partial charge on any atom is -0.314 e. The van der Waals surface area contributed by atoms with Gasteiger partial charge in [-0.15, -0.1) is 0 Å². The third-order valence-electron chi connectivity index (χ3n) is 4.99. The van der Waals surface area contributed by atoms with E-state index in [0.29, 0.717) is 0 Å². The minimum atomic E-state index is 0.886. The zero-order valence-electron chi connectivity index (χ0n) is 10.5. The Kier molecular flexibility index (Phi) is 3.49. The maximum atomic E-state index is 3.81. The third-order valence-corrected chi connectivity index (χ3v) is 4.99. The highest BCUT2D eigenvalue weighted by molar-refractivity contribution is 4.93. The van der Waals surface area contributed by atoms with Crippen LogP contribution in [-0.4, -0.2) is 37.1 Å². The molecule has 2 aliphatic carbocycles. The Bertz CT molecular complexity index is 223. The summed E-state index contributed by atoms with van der Waals surface area (Å²) in [6, 6.07) is 0.886. The van der Waals surface area contributed by atoms with Crippen LogP contribution in [0.15, 0.2) is 0 Å². The monoisotopic (exact) mass is 222 g/mol. The second-order valence-electron chi connectivity index (χ2n) is 6.14. The molecule has 1 heterocycles. The van der Waals surface area contributed by atoms with Crippen LogP contribution in [0, 0.1) is 11.8 Å². The van der Waals surface area contributed by atoms with Crippen molar-refractivity contribution in [2.75, 3.05) is 26.2 Å². The molecule has 3 aliphatic rings. The summed E-state index contributed by atoms with van der Waals surface area (Å²) in [6.07, 6.45) is 10.3. The predicted molar refractivity (Wildman–Crippen MR) is 67.5 cm³/mol. The first-order valence-corrected chi connectivity index (χ1v) is 7.37. The van der Waals surface area contributed by atoms with Gasteiger partial charge in [0.05, 0.1) is 0 Å². The fourth-order valence-electron chi connectivity index (χ4n) is 4.09. The summed E-state index contributed by atoms with van der Waals surface area (Å²) in [6.45, 7) is 5.29. The topological polar surface area (TPSA) is 15.3 Å². The van der Waals surface area contributed by atoms with E-state index in [1.807, 2.05) is 0 Å². The van der Waals surface area contributed by atoms with Gasteiger partial charge in [0, 0.05) is 6.04 Å². The number of nitrogens with one attached hydrogen (secondary N) is 1. The summed E-state index contributed by atoms with van der Waals surface area (Å²) >= 11 is 0. The molecule has 2 saturated carbocycles. The van der Waals surface area contributed by atoms with Crippen LogP contribution in [0.2, 0.25) is 0 Å². The molecule has 92 valence electrons. The van der Waals surface area contributed by atoms with Crippen LogP contribution in [-0.2, 0) is 0 Å². The lowest BCUT2D eigenvalue weighted by molar-refractivity contribution is 0.310. The number of likely N-dealkylation sites (tertiary alicyclic amines) is 1. The predicted octanol–water partition coefficient (Wildman–Crippen LogP) is 2.25. The molecule has 1 N–H and O–H groups in total. The lowest BCUT2D eigenvalue weighted by Gasteiger charge is -2.23. The van der Waals surface area contributed by atoms with Gasteiger partial charge in [0.2, 0.25) is 0 Å². The van der Waals surface area contributed by atoms with E-state index in [2.05, 4.69) is 10.2 Å². The molecule has 2 bridgehead atoms. The molecule has 3 fully saturated rings. The van der Waals surface area contributed by atoms with Crippen molar-refractivity contribution in [3.8, 4) is 0 Å². The van der Waals surface area contributed by atoms with E-state index in [1.165, 1.54) is 71.1 Å². The standard InChI is InChI=1S/C14H26N2/c1-2-8-16(7-1)9-3-6-15-14-11-12-4-5-13(14)10-12/h12-15H,1-11H2. The maximum Gasteiger partial charge on any atom is 0.00980 e. The van der Waals surface area contributed by atoms with E-state index in [0.717, 1.165) is 17.9 Å². The van der Waals surface area contributed by atoms with Gasteiger partial charge in [-0.25, -0.2) is 0 Å². The van der Waals surface area contributed by atoms with Gasteiger partial charge in [-0.2, -0.15) is 0 Å². The van der Waals surface area contributed by atoms with Crippen LogP contribution in [0.25, 0.3) is 0 Å². The fourth-order valence-corrected chi connectivity index (χ4v) is 4.09. The van der Waals surface area contributed by atoms with Crippen LogP contribution in [0.3, 0.4) is 0 Å². The summed E-state index contributed by atoms with van der Waals surface area (Å²) in [7, 11) is 0. The molecular formula is C14H26N2. The van der Waals surface area contributed by atoms with Crippen LogP contribution in [0.4, 0.5) is 0 Å². The lowest BCUT2D eigenvalue weighted by Crippen LogP contribution is -2.35. The zero-order chi connectivity index (χ0) is 10.8. The van der Waals surface area contributed by atoms with Crippen molar-refractivity contribution in [3.05, 3.63) is 0 Å². The average Bonchev–Trinajstić information content (AvgIpc) is 3.01. The van der Waals surface area contributed by atoms with Crippen LogP contribution in [0.5, 0.6) is 0 Å². The summed E-state index contributed by atoms with van der Waals surface area (Å²) in [4.78, 5) is 2.63. The highest BCUT2D eigenvalue weighted by atomic mass is 15.1. The van der Waals surface area contributed by atoms with E-state index >= 15 is 0 Å². The van der Waals surface area contributed by atoms with Crippen molar-refractivity contribution in [1.82, 2.24) is 10.2 Å². The number of fused-ring (bicyclic) bond motifs is 2. The smallest absolute Gasteiger partial charge is 0.00980 e. The first kappa shape index (κ1) is 11.0. The zero-order valence-corrected chi connectivity index (χ0v) is 10.5. The Balaban J connectivity index is 1.29. The number of hydrogen-bond donors (Lipinski definition) is 1. The van der Waals surface area contributed by atoms with Gasteiger partial charge in [-0.05, 0) is 76.5 Å². The number of nitrogens with zero attached hydrogens (tertiary/aromatic N) is 1. The summed E-state index contributed by atoms with van der Waals surface area (Å²) < 4.78 is 0. The second-order valence-corrected chi connectivity index (χ2v) is 6.14. The lowest BCUT2D eigenvalue weighted by atomic mass is 9.95. The quantitative estimate of drug-likeness (QED) is 0.718. The van der Waals surface area contributed by atoms with Crippen LogP contribution in [0.1, 0.15) is 44.9 Å². The number of hydrogen-bond acceptors (Lipinski definition) is 2.